The van der Waals surface area contributed by atoms with E-state index < -0.39 is 36.2 Å². The normalized spacial score (nSPS) is 10.6. The number of hydrogen-bond acceptors (Lipinski definition) is 4. The average Bonchev–Trinajstić information content (AvgIpc) is 2.83. The molecule has 0 fully saturated rings. The predicted octanol–water partition coefficient (Wildman–Crippen LogP) is 1.55. The van der Waals surface area contributed by atoms with Crippen molar-refractivity contribution in [3.8, 4) is 0 Å². The Labute approximate surface area is 117 Å². The monoisotopic (exact) mass is 296 g/mol. The Morgan fingerprint density at radius 1 is 1.29 bits per heavy atom. The number of nitrogens with one attached hydrogen (secondary N) is 1. The number of carboxylic acids is 1. The second-order valence-electron chi connectivity index (χ2n) is 4.00. The number of anilines is 1. The number of carboxylic acid groups (broad SMARTS) is 1. The highest BCUT2D eigenvalue weighted by Gasteiger charge is 2.27. The number of carbonyl (C=O) groups excluding carboxylic acids is 1. The van der Waals surface area contributed by atoms with Gasteiger partial charge in [0.05, 0.1) is 0 Å². The van der Waals surface area contributed by atoms with E-state index in [1.54, 1.807) is 30.3 Å². The number of aromatic nitrogens is 3. The van der Waals surface area contributed by atoms with E-state index in [2.05, 4.69) is 15.6 Å². The molecule has 0 unspecified atom stereocenters. The molecule has 0 aliphatic rings. The molecule has 1 aromatic carbocycles. The van der Waals surface area contributed by atoms with Gasteiger partial charge in [0.25, 0.3) is 6.43 Å². The number of benzene rings is 1. The zero-order chi connectivity index (χ0) is 15.4. The molecule has 0 saturated carbocycles. The zero-order valence-electron chi connectivity index (χ0n) is 10.5. The van der Waals surface area contributed by atoms with E-state index in [-0.39, 0.29) is 0 Å². The molecule has 7 nitrogen and oxygen atoms in total. The summed E-state index contributed by atoms with van der Waals surface area (Å²) >= 11 is 0. The highest BCUT2D eigenvalue weighted by atomic mass is 19.3. The summed E-state index contributed by atoms with van der Waals surface area (Å²) in [4.78, 5) is 22.5. The fraction of sp³-hybridized carbons (Fsp3) is 0.167. The Kier molecular flexibility index (Phi) is 4.21. The minimum Gasteiger partial charge on any atom is -0.476 e. The molecule has 0 atom stereocenters. The van der Waals surface area contributed by atoms with Gasteiger partial charge >= 0.3 is 5.97 Å². The van der Waals surface area contributed by atoms with Crippen LogP contribution in [-0.4, -0.2) is 32.0 Å². The smallest absolute Gasteiger partial charge is 0.358 e. The molecule has 0 bridgehead atoms. The molecule has 110 valence electrons. The van der Waals surface area contributed by atoms with E-state index >= 15 is 0 Å². The summed E-state index contributed by atoms with van der Waals surface area (Å²) in [7, 11) is 0. The van der Waals surface area contributed by atoms with Gasteiger partial charge in [-0.2, -0.15) is 0 Å². The summed E-state index contributed by atoms with van der Waals surface area (Å²) in [5.74, 6) is -2.25. The van der Waals surface area contributed by atoms with Crippen LogP contribution in [0.3, 0.4) is 0 Å². The van der Waals surface area contributed by atoms with Gasteiger partial charge in [-0.1, -0.05) is 23.4 Å². The first kappa shape index (κ1) is 14.6. The number of aromatic carboxylic acids is 1. The summed E-state index contributed by atoms with van der Waals surface area (Å²) in [5, 5.41) is 17.7. The Morgan fingerprint density at radius 3 is 2.52 bits per heavy atom. The summed E-state index contributed by atoms with van der Waals surface area (Å²) < 4.78 is 26.3. The quantitative estimate of drug-likeness (QED) is 0.872. The van der Waals surface area contributed by atoms with E-state index in [0.29, 0.717) is 10.4 Å². The van der Waals surface area contributed by atoms with Gasteiger partial charge in [0.1, 0.15) is 12.2 Å². The molecule has 2 aromatic rings. The SMILES string of the molecule is O=C(Cn1nnc(C(=O)O)c1C(F)F)Nc1ccccc1. The maximum absolute atomic E-state index is 12.9. The predicted molar refractivity (Wildman–Crippen MR) is 67.0 cm³/mol. The minimum absolute atomic E-state index is 0.486. The van der Waals surface area contributed by atoms with E-state index in [0.717, 1.165) is 0 Å². The molecular formula is C12H10F2N4O3. The lowest BCUT2D eigenvalue weighted by molar-refractivity contribution is -0.117. The number of para-hydroxylation sites is 1. The molecule has 0 radical (unpaired) electrons. The van der Waals surface area contributed by atoms with E-state index in [9.17, 15) is 18.4 Å². The standard InChI is InChI=1S/C12H10F2N4O3/c13-11(14)10-9(12(20)21)16-17-18(10)6-8(19)15-7-4-2-1-3-5-7/h1-5,11H,6H2,(H,15,19)(H,20,21). The second-order valence-corrected chi connectivity index (χ2v) is 4.00. The third-order valence-corrected chi connectivity index (χ3v) is 2.53. The van der Waals surface area contributed by atoms with E-state index in [1.807, 2.05) is 0 Å². The largest absolute Gasteiger partial charge is 0.476 e. The third-order valence-electron chi connectivity index (χ3n) is 2.53. The maximum atomic E-state index is 12.9. The van der Waals surface area contributed by atoms with Gasteiger partial charge in [0, 0.05) is 5.69 Å². The number of nitrogens with zero attached hydrogens (tertiary/aromatic N) is 3. The topological polar surface area (TPSA) is 97.1 Å². The lowest BCUT2D eigenvalue weighted by Gasteiger charge is -2.07. The highest BCUT2D eigenvalue weighted by Crippen LogP contribution is 2.21. The first-order valence-electron chi connectivity index (χ1n) is 5.78. The van der Waals surface area contributed by atoms with Crippen molar-refractivity contribution in [2.24, 2.45) is 0 Å². The molecule has 21 heavy (non-hydrogen) atoms. The first-order chi connectivity index (χ1) is 9.99. The van der Waals surface area contributed by atoms with Crippen molar-refractivity contribution in [3.63, 3.8) is 0 Å². The number of rotatable bonds is 5. The lowest BCUT2D eigenvalue weighted by atomic mass is 10.3. The maximum Gasteiger partial charge on any atom is 0.358 e. The van der Waals surface area contributed by atoms with Crippen LogP contribution in [0.25, 0.3) is 0 Å². The molecule has 0 aliphatic heterocycles. The van der Waals surface area contributed by atoms with Crippen molar-refractivity contribution in [1.29, 1.82) is 0 Å². The van der Waals surface area contributed by atoms with Crippen LogP contribution in [-0.2, 0) is 11.3 Å². The number of amides is 1. The van der Waals surface area contributed by atoms with Crippen molar-refractivity contribution in [2.45, 2.75) is 13.0 Å². The van der Waals surface area contributed by atoms with Crippen LogP contribution in [0.1, 0.15) is 22.6 Å². The number of hydrogen-bond donors (Lipinski definition) is 2. The Hall–Kier alpha value is -2.84. The van der Waals surface area contributed by atoms with Crippen LogP contribution in [0.15, 0.2) is 30.3 Å². The average molecular weight is 296 g/mol. The molecule has 1 amide bonds. The zero-order valence-corrected chi connectivity index (χ0v) is 10.5. The molecule has 0 aliphatic carbocycles. The molecule has 9 heteroatoms. The van der Waals surface area contributed by atoms with E-state index in [1.165, 1.54) is 0 Å². The fourth-order valence-electron chi connectivity index (χ4n) is 1.66. The van der Waals surface area contributed by atoms with Gasteiger partial charge in [-0.05, 0) is 12.1 Å². The number of halogens is 2. The van der Waals surface area contributed by atoms with Crippen LogP contribution < -0.4 is 5.32 Å². The fourth-order valence-corrected chi connectivity index (χ4v) is 1.66. The summed E-state index contributed by atoms with van der Waals surface area (Å²) in [5.41, 5.74) is -1.28. The molecule has 0 saturated heterocycles. The Morgan fingerprint density at radius 2 is 1.95 bits per heavy atom. The van der Waals surface area contributed by atoms with Crippen molar-refractivity contribution in [3.05, 3.63) is 41.7 Å². The van der Waals surface area contributed by atoms with Crippen molar-refractivity contribution < 1.29 is 23.5 Å². The van der Waals surface area contributed by atoms with Gasteiger partial charge in [-0.3, -0.25) is 4.79 Å². The molecule has 1 heterocycles. The van der Waals surface area contributed by atoms with Crippen LogP contribution >= 0.6 is 0 Å². The van der Waals surface area contributed by atoms with Gasteiger partial charge < -0.3 is 10.4 Å². The summed E-state index contributed by atoms with van der Waals surface area (Å²) in [6.07, 6.45) is -3.10. The van der Waals surface area contributed by atoms with Gasteiger partial charge in [0.2, 0.25) is 5.91 Å². The molecule has 1 aromatic heterocycles. The first-order valence-corrected chi connectivity index (χ1v) is 5.78. The third kappa shape index (κ3) is 3.38. The second kappa shape index (κ2) is 6.07. The molecule has 2 N–H and O–H groups in total. The Balaban J connectivity index is 2.16. The van der Waals surface area contributed by atoms with Gasteiger partial charge in [-0.15, -0.1) is 5.10 Å². The summed E-state index contributed by atoms with van der Waals surface area (Å²) in [6.45, 7) is -0.561. The molecule has 0 spiro atoms. The minimum atomic E-state index is -3.10. The lowest BCUT2D eigenvalue weighted by Crippen LogP contribution is -2.21. The van der Waals surface area contributed by atoms with E-state index in [4.69, 9.17) is 5.11 Å². The van der Waals surface area contributed by atoms with Crippen LogP contribution in [0.4, 0.5) is 14.5 Å². The highest BCUT2D eigenvalue weighted by molar-refractivity contribution is 5.91. The number of carbonyl (C=O) groups is 2. The van der Waals surface area contributed by atoms with Crippen LogP contribution in [0, 0.1) is 0 Å². The van der Waals surface area contributed by atoms with Crippen molar-refractivity contribution in [2.75, 3.05) is 5.32 Å². The van der Waals surface area contributed by atoms with Gasteiger partial charge in [0.15, 0.2) is 5.69 Å². The van der Waals surface area contributed by atoms with Crippen LogP contribution in [0.2, 0.25) is 0 Å². The number of alkyl halides is 2. The van der Waals surface area contributed by atoms with Crippen LogP contribution in [0.5, 0.6) is 0 Å². The molecule has 2 rings (SSSR count). The molecular weight excluding hydrogens is 286 g/mol. The summed E-state index contributed by atoms with van der Waals surface area (Å²) in [6, 6.07) is 8.38. The van der Waals surface area contributed by atoms with Gasteiger partial charge in [-0.25, -0.2) is 18.3 Å². The van der Waals surface area contributed by atoms with Crippen molar-refractivity contribution in [1.82, 2.24) is 15.0 Å². The Bertz CT molecular complexity index is 658. The van der Waals surface area contributed by atoms with Crippen molar-refractivity contribution >= 4 is 17.6 Å².